The van der Waals surface area contributed by atoms with Crippen molar-refractivity contribution in [3.63, 3.8) is 0 Å². The number of piperidine rings is 3. The number of hydrogen-bond donors (Lipinski definition) is 1. The van der Waals surface area contributed by atoms with Gasteiger partial charge in [-0.1, -0.05) is 18.1 Å². The number of fused-ring (bicyclic) bond motifs is 6. The van der Waals surface area contributed by atoms with E-state index in [0.717, 1.165) is 30.8 Å². The highest BCUT2D eigenvalue weighted by molar-refractivity contribution is 6.21. The Morgan fingerprint density at radius 3 is 2.75 bits per heavy atom. The molecule has 4 aliphatic heterocycles. The van der Waals surface area contributed by atoms with E-state index in [4.69, 9.17) is 4.74 Å². The SMILES string of the molecule is COc1ccc(N2C(=O)NC(CCC(=O)N3CCCC4=C[C@H]5C[C@@H](CN6CCCCC56)C43)C2=O)cc1. The van der Waals surface area contributed by atoms with E-state index < -0.39 is 12.1 Å². The number of likely N-dealkylation sites (tertiary alicyclic amines) is 1. The zero-order valence-corrected chi connectivity index (χ0v) is 21.0. The van der Waals surface area contributed by atoms with Crippen molar-refractivity contribution in [1.82, 2.24) is 15.1 Å². The lowest BCUT2D eigenvalue weighted by Gasteiger charge is -2.54. The summed E-state index contributed by atoms with van der Waals surface area (Å²) in [4.78, 5) is 45.1. The summed E-state index contributed by atoms with van der Waals surface area (Å²) in [5, 5.41) is 2.78. The van der Waals surface area contributed by atoms with Crippen molar-refractivity contribution in [3.8, 4) is 5.75 Å². The van der Waals surface area contributed by atoms with Crippen molar-refractivity contribution in [3.05, 3.63) is 35.9 Å². The van der Waals surface area contributed by atoms with Gasteiger partial charge in [-0.3, -0.25) is 14.5 Å². The van der Waals surface area contributed by atoms with Crippen LogP contribution in [-0.4, -0.2) is 72.5 Å². The number of benzene rings is 1. The van der Waals surface area contributed by atoms with Gasteiger partial charge in [0.1, 0.15) is 11.8 Å². The van der Waals surface area contributed by atoms with Crippen LogP contribution in [0.25, 0.3) is 0 Å². The minimum absolute atomic E-state index is 0.106. The monoisotopic (exact) mass is 492 g/mol. The van der Waals surface area contributed by atoms with Crippen molar-refractivity contribution in [2.75, 3.05) is 31.6 Å². The molecule has 6 rings (SSSR count). The largest absolute Gasteiger partial charge is 0.497 e. The van der Waals surface area contributed by atoms with Crippen molar-refractivity contribution in [2.45, 2.75) is 69.5 Å². The number of ether oxygens (including phenoxy) is 1. The second kappa shape index (κ2) is 9.54. The highest BCUT2D eigenvalue weighted by Gasteiger charge is 2.47. The molecule has 36 heavy (non-hydrogen) atoms. The number of methoxy groups -OCH3 is 1. The molecule has 4 amide bonds. The molecule has 0 aromatic heterocycles. The fraction of sp³-hybridized carbons (Fsp3) is 0.607. The molecule has 0 saturated carbocycles. The van der Waals surface area contributed by atoms with E-state index in [-0.39, 0.29) is 24.3 Å². The van der Waals surface area contributed by atoms with Gasteiger partial charge in [0.25, 0.3) is 5.91 Å². The lowest BCUT2D eigenvalue weighted by Crippen LogP contribution is -2.60. The second-order valence-corrected chi connectivity index (χ2v) is 11.0. The molecule has 5 aliphatic rings. The third kappa shape index (κ3) is 4.09. The van der Waals surface area contributed by atoms with Crippen LogP contribution in [0.1, 0.15) is 51.4 Å². The zero-order chi connectivity index (χ0) is 24.8. The Bertz CT molecular complexity index is 1070. The van der Waals surface area contributed by atoms with Crippen LogP contribution in [0, 0.1) is 11.8 Å². The number of rotatable bonds is 5. The molecule has 3 unspecified atom stereocenters. The van der Waals surface area contributed by atoms with E-state index in [2.05, 4.69) is 21.2 Å². The molecule has 192 valence electrons. The van der Waals surface area contributed by atoms with Gasteiger partial charge in [-0.2, -0.15) is 0 Å². The maximum atomic E-state index is 13.5. The van der Waals surface area contributed by atoms with Gasteiger partial charge in [0.15, 0.2) is 0 Å². The van der Waals surface area contributed by atoms with Crippen LogP contribution in [0.5, 0.6) is 5.75 Å². The second-order valence-electron chi connectivity index (χ2n) is 11.0. The Morgan fingerprint density at radius 2 is 1.94 bits per heavy atom. The molecule has 0 spiro atoms. The van der Waals surface area contributed by atoms with Gasteiger partial charge < -0.3 is 15.0 Å². The zero-order valence-electron chi connectivity index (χ0n) is 21.0. The van der Waals surface area contributed by atoms with E-state index in [9.17, 15) is 14.4 Å². The summed E-state index contributed by atoms with van der Waals surface area (Å²) in [6.45, 7) is 3.07. The number of amides is 4. The minimum Gasteiger partial charge on any atom is -0.497 e. The number of carbonyl (C=O) groups excluding carboxylic acids is 3. The van der Waals surface area contributed by atoms with Crippen LogP contribution in [0.3, 0.4) is 0 Å². The molecular formula is C28H36N4O4. The molecule has 5 atom stereocenters. The van der Waals surface area contributed by atoms with Gasteiger partial charge in [0.2, 0.25) is 5.91 Å². The first-order valence-corrected chi connectivity index (χ1v) is 13.6. The quantitative estimate of drug-likeness (QED) is 0.504. The van der Waals surface area contributed by atoms with Crippen molar-refractivity contribution < 1.29 is 19.1 Å². The molecule has 4 saturated heterocycles. The summed E-state index contributed by atoms with van der Waals surface area (Å²) in [5.41, 5.74) is 1.97. The lowest BCUT2D eigenvalue weighted by atomic mass is 9.68. The normalized spacial score (nSPS) is 31.9. The maximum Gasteiger partial charge on any atom is 0.329 e. The fourth-order valence-corrected chi connectivity index (χ4v) is 7.37. The first-order valence-electron chi connectivity index (χ1n) is 13.6. The smallest absolute Gasteiger partial charge is 0.329 e. The van der Waals surface area contributed by atoms with Crippen molar-refractivity contribution >= 4 is 23.5 Å². The van der Waals surface area contributed by atoms with E-state index in [1.54, 1.807) is 31.4 Å². The summed E-state index contributed by atoms with van der Waals surface area (Å²) in [5.74, 6) is 1.61. The molecule has 0 radical (unpaired) electrons. The maximum absolute atomic E-state index is 13.5. The summed E-state index contributed by atoms with van der Waals surface area (Å²) in [7, 11) is 1.57. The van der Waals surface area contributed by atoms with Crippen LogP contribution < -0.4 is 15.0 Å². The molecule has 1 aliphatic carbocycles. The molecule has 1 N–H and O–H groups in total. The van der Waals surface area contributed by atoms with E-state index in [1.807, 2.05) is 0 Å². The molecular weight excluding hydrogens is 456 g/mol. The Labute approximate surface area is 212 Å². The van der Waals surface area contributed by atoms with E-state index in [0.29, 0.717) is 35.7 Å². The number of nitrogens with zero attached hydrogens (tertiary/aromatic N) is 3. The molecule has 1 aromatic carbocycles. The lowest BCUT2D eigenvalue weighted by molar-refractivity contribution is -0.136. The predicted octanol–water partition coefficient (Wildman–Crippen LogP) is 3.32. The van der Waals surface area contributed by atoms with E-state index in [1.165, 1.54) is 37.8 Å². The van der Waals surface area contributed by atoms with Gasteiger partial charge >= 0.3 is 6.03 Å². The van der Waals surface area contributed by atoms with Crippen LogP contribution in [0.4, 0.5) is 10.5 Å². The summed E-state index contributed by atoms with van der Waals surface area (Å²) in [6.07, 6.45) is 10.3. The molecule has 2 bridgehead atoms. The Morgan fingerprint density at radius 1 is 1.11 bits per heavy atom. The molecule has 1 aromatic rings. The van der Waals surface area contributed by atoms with Crippen molar-refractivity contribution in [1.29, 1.82) is 0 Å². The minimum atomic E-state index is -0.678. The van der Waals surface area contributed by atoms with Crippen molar-refractivity contribution in [2.24, 2.45) is 11.8 Å². The molecule has 8 nitrogen and oxygen atoms in total. The average Bonchev–Trinajstić information content (AvgIpc) is 3.19. The number of urea groups is 1. The fourth-order valence-electron chi connectivity index (χ4n) is 7.37. The number of imide groups is 1. The van der Waals surface area contributed by atoms with Crippen LogP contribution in [-0.2, 0) is 9.59 Å². The predicted molar refractivity (Wildman–Crippen MR) is 136 cm³/mol. The number of anilines is 1. The number of hydrogen-bond acceptors (Lipinski definition) is 5. The van der Waals surface area contributed by atoms with Gasteiger partial charge in [-0.15, -0.1) is 0 Å². The Hall–Kier alpha value is -2.87. The van der Waals surface area contributed by atoms with E-state index >= 15 is 0 Å². The Kier molecular flexibility index (Phi) is 6.23. The molecule has 8 heteroatoms. The standard InChI is InChI=1S/C28H36N4O4/c1-36-22-9-7-21(8-10-22)32-27(34)23(29-28(32)35)11-12-25(33)31-14-4-5-18-15-19-16-20(26(18)31)17-30-13-3-2-6-24(19)30/h7-10,15,19-20,23-24,26H,2-6,11-14,16-17H2,1H3,(H,29,35)/t19-,20-,23?,24?,26?/m0/s1. The van der Waals surface area contributed by atoms with Crippen LogP contribution in [0.2, 0.25) is 0 Å². The van der Waals surface area contributed by atoms with Gasteiger partial charge in [-0.25, -0.2) is 9.69 Å². The summed E-state index contributed by atoms with van der Waals surface area (Å²) >= 11 is 0. The third-order valence-corrected chi connectivity index (χ3v) is 8.97. The van der Waals surface area contributed by atoms with Gasteiger partial charge in [0.05, 0.1) is 18.8 Å². The molecule has 4 heterocycles. The highest BCUT2D eigenvalue weighted by atomic mass is 16.5. The average molecular weight is 493 g/mol. The highest BCUT2D eigenvalue weighted by Crippen LogP contribution is 2.45. The van der Waals surface area contributed by atoms with Crippen LogP contribution >= 0.6 is 0 Å². The summed E-state index contributed by atoms with van der Waals surface area (Å²) < 4.78 is 5.17. The van der Waals surface area contributed by atoms with Gasteiger partial charge in [0, 0.05) is 25.6 Å². The first kappa shape index (κ1) is 23.5. The Balaban J connectivity index is 1.12. The topological polar surface area (TPSA) is 82.2 Å². The number of nitrogens with one attached hydrogen (secondary N) is 1. The van der Waals surface area contributed by atoms with Gasteiger partial charge in [-0.05, 0) is 81.2 Å². The number of carbonyl (C=O) groups is 3. The van der Waals surface area contributed by atoms with Crippen LogP contribution in [0.15, 0.2) is 35.9 Å². The first-order chi connectivity index (χ1) is 17.5. The third-order valence-electron chi connectivity index (χ3n) is 8.97. The summed E-state index contributed by atoms with van der Waals surface area (Å²) in [6, 6.07) is 6.61. The molecule has 4 fully saturated rings.